The molecule has 30 heavy (non-hydrogen) atoms. The fourth-order valence-corrected chi connectivity index (χ4v) is 4.05. The Morgan fingerprint density at radius 1 is 0.400 bits per heavy atom. The van der Waals surface area contributed by atoms with Crippen LogP contribution in [-0.2, 0) is 11.8 Å². The molecule has 150 valence electrons. The lowest BCUT2D eigenvalue weighted by Gasteiger charge is -2.36. The first-order chi connectivity index (χ1) is 14.5. The van der Waals surface area contributed by atoms with Gasteiger partial charge in [-0.3, -0.25) is 0 Å². The second kappa shape index (κ2) is 7.84. The van der Waals surface area contributed by atoms with Crippen molar-refractivity contribution in [3.05, 3.63) is 119 Å². The van der Waals surface area contributed by atoms with Gasteiger partial charge >= 0.3 is 0 Å². The van der Waals surface area contributed by atoms with Crippen LogP contribution in [0.4, 0.5) is 22.7 Å². The van der Waals surface area contributed by atoms with Crippen LogP contribution in [0.2, 0.25) is 0 Å². The van der Waals surface area contributed by atoms with Gasteiger partial charge in [0, 0.05) is 28.2 Å². The summed E-state index contributed by atoms with van der Waals surface area (Å²) in [6.45, 7) is 0. The van der Waals surface area contributed by atoms with E-state index >= 15 is 0 Å². The maximum atomic E-state index is 6.01. The third-order valence-corrected chi connectivity index (χ3v) is 5.66. The minimum Gasteiger partial charge on any atom is -0.399 e. The molecule has 0 bridgehead atoms. The van der Waals surface area contributed by atoms with Gasteiger partial charge in [0.15, 0.2) is 0 Å². The van der Waals surface area contributed by atoms with E-state index < -0.39 is 5.41 Å². The van der Waals surface area contributed by atoms with Crippen LogP contribution < -0.4 is 22.9 Å². The molecule has 4 heteroatoms. The summed E-state index contributed by atoms with van der Waals surface area (Å²) < 4.78 is 0. The normalized spacial score (nSPS) is 11.3. The van der Waals surface area contributed by atoms with E-state index in [9.17, 15) is 0 Å². The van der Waals surface area contributed by atoms with Crippen LogP contribution in [0.25, 0.3) is 0 Å². The molecule has 0 fully saturated rings. The number of rotatable bonds is 5. The van der Waals surface area contributed by atoms with Crippen LogP contribution >= 0.6 is 0 Å². The highest BCUT2D eigenvalue weighted by molar-refractivity contribution is 5.58. The highest BCUT2D eigenvalue weighted by Crippen LogP contribution is 2.43. The van der Waals surface area contributed by atoms with E-state index in [-0.39, 0.29) is 0 Å². The Labute approximate surface area is 177 Å². The Morgan fingerprint density at radius 3 is 0.967 bits per heavy atom. The number of hydrogen-bond donors (Lipinski definition) is 4. The third-order valence-electron chi connectivity index (χ3n) is 5.66. The average molecular weight is 395 g/mol. The molecule has 4 nitrogen and oxygen atoms in total. The zero-order valence-electron chi connectivity index (χ0n) is 16.8. The van der Waals surface area contributed by atoms with Gasteiger partial charge in [-0.1, -0.05) is 48.5 Å². The molecule has 0 aromatic heterocycles. The molecule has 0 aliphatic heterocycles. The van der Waals surface area contributed by atoms with Crippen molar-refractivity contribution in [1.82, 2.24) is 0 Å². The van der Waals surface area contributed by atoms with Crippen molar-refractivity contribution in [2.45, 2.75) is 11.8 Å². The molecule has 8 N–H and O–H groups in total. The maximum absolute atomic E-state index is 6.01. The molecular weight excluding hydrogens is 368 g/mol. The van der Waals surface area contributed by atoms with Crippen molar-refractivity contribution in [1.29, 1.82) is 0 Å². The first kappa shape index (κ1) is 19.4. The van der Waals surface area contributed by atoms with Crippen molar-refractivity contribution in [2.24, 2.45) is 0 Å². The van der Waals surface area contributed by atoms with E-state index in [1.165, 1.54) is 5.56 Å². The molecule has 0 spiro atoms. The van der Waals surface area contributed by atoms with Crippen molar-refractivity contribution in [2.75, 3.05) is 22.9 Å². The molecule has 0 aliphatic rings. The van der Waals surface area contributed by atoms with Gasteiger partial charge in [0.05, 0.1) is 0 Å². The summed E-state index contributed by atoms with van der Waals surface area (Å²) in [6.07, 6.45) is 0.741. The quantitative estimate of drug-likeness (QED) is 0.293. The van der Waals surface area contributed by atoms with Gasteiger partial charge in [-0.15, -0.1) is 0 Å². The Balaban J connectivity index is 2.00. The van der Waals surface area contributed by atoms with Gasteiger partial charge in [0.1, 0.15) is 0 Å². The molecule has 4 rings (SSSR count). The zero-order chi connectivity index (χ0) is 21.1. The molecule has 0 unspecified atom stereocenters. The van der Waals surface area contributed by atoms with E-state index in [1.54, 1.807) is 0 Å². The highest BCUT2D eigenvalue weighted by atomic mass is 14.6. The maximum Gasteiger partial charge on any atom is 0.0491 e. The predicted molar refractivity (Wildman–Crippen MR) is 127 cm³/mol. The standard InChI is InChI=1S/C26H26N4/c27-22-9-1-18(2-10-22)17-26(19-3-11-23(28)12-4-19,20-5-13-24(29)14-6-20)21-7-15-25(30)16-8-21/h1-16H,17,27-30H2. The summed E-state index contributed by atoms with van der Waals surface area (Å²) in [4.78, 5) is 0. The number of benzene rings is 4. The Bertz CT molecular complexity index is 1000. The topological polar surface area (TPSA) is 104 Å². The lowest BCUT2D eigenvalue weighted by Crippen LogP contribution is -2.32. The molecule has 0 amide bonds. The molecule has 0 heterocycles. The van der Waals surface area contributed by atoms with Crippen molar-refractivity contribution in [3.8, 4) is 0 Å². The molecule has 0 aliphatic carbocycles. The fourth-order valence-electron chi connectivity index (χ4n) is 4.05. The zero-order valence-corrected chi connectivity index (χ0v) is 16.8. The van der Waals surface area contributed by atoms with Crippen molar-refractivity contribution < 1.29 is 0 Å². The van der Waals surface area contributed by atoms with Gasteiger partial charge in [0.25, 0.3) is 0 Å². The van der Waals surface area contributed by atoms with Gasteiger partial charge < -0.3 is 22.9 Å². The highest BCUT2D eigenvalue weighted by Gasteiger charge is 2.36. The van der Waals surface area contributed by atoms with Gasteiger partial charge in [-0.2, -0.15) is 0 Å². The first-order valence-electron chi connectivity index (χ1n) is 9.90. The van der Waals surface area contributed by atoms with Crippen molar-refractivity contribution >= 4 is 22.7 Å². The lowest BCUT2D eigenvalue weighted by molar-refractivity contribution is 0.613. The van der Waals surface area contributed by atoms with Crippen molar-refractivity contribution in [3.63, 3.8) is 0 Å². The van der Waals surface area contributed by atoms with Crippen LogP contribution in [-0.4, -0.2) is 0 Å². The smallest absolute Gasteiger partial charge is 0.0491 e. The molecular formula is C26H26N4. The summed E-state index contributed by atoms with van der Waals surface area (Å²) in [5.74, 6) is 0. The number of nitrogens with two attached hydrogens (primary N) is 4. The van der Waals surface area contributed by atoms with E-state index in [4.69, 9.17) is 22.9 Å². The molecule has 0 saturated carbocycles. The van der Waals surface area contributed by atoms with Crippen LogP contribution in [0.5, 0.6) is 0 Å². The number of anilines is 4. The van der Waals surface area contributed by atoms with Gasteiger partial charge in [-0.05, 0) is 77.2 Å². The monoisotopic (exact) mass is 394 g/mol. The van der Waals surface area contributed by atoms with E-state index in [0.717, 1.165) is 45.9 Å². The third kappa shape index (κ3) is 3.67. The summed E-state index contributed by atoms with van der Waals surface area (Å²) in [7, 11) is 0. The molecule has 0 atom stereocenters. The first-order valence-corrected chi connectivity index (χ1v) is 9.90. The SMILES string of the molecule is Nc1ccc(CC(c2ccc(N)cc2)(c2ccc(N)cc2)c2ccc(N)cc2)cc1. The van der Waals surface area contributed by atoms with E-state index in [0.29, 0.717) is 0 Å². The largest absolute Gasteiger partial charge is 0.399 e. The molecule has 0 radical (unpaired) electrons. The summed E-state index contributed by atoms with van der Waals surface area (Å²) in [6, 6.07) is 32.3. The minimum absolute atomic E-state index is 0.453. The van der Waals surface area contributed by atoms with E-state index in [2.05, 4.69) is 48.5 Å². The second-order valence-corrected chi connectivity index (χ2v) is 7.69. The summed E-state index contributed by atoms with van der Waals surface area (Å²) in [5.41, 5.74) is 31.0. The van der Waals surface area contributed by atoms with Gasteiger partial charge in [0.2, 0.25) is 0 Å². The lowest BCUT2D eigenvalue weighted by atomic mass is 9.66. The van der Waals surface area contributed by atoms with Crippen LogP contribution in [0.3, 0.4) is 0 Å². The molecule has 4 aromatic rings. The van der Waals surface area contributed by atoms with Crippen LogP contribution in [0.1, 0.15) is 22.3 Å². The van der Waals surface area contributed by atoms with Gasteiger partial charge in [-0.25, -0.2) is 0 Å². The molecule has 0 saturated heterocycles. The second-order valence-electron chi connectivity index (χ2n) is 7.69. The molecule has 4 aromatic carbocycles. The van der Waals surface area contributed by atoms with Crippen LogP contribution in [0.15, 0.2) is 97.1 Å². The van der Waals surface area contributed by atoms with Crippen LogP contribution in [0, 0.1) is 0 Å². The summed E-state index contributed by atoms with van der Waals surface area (Å²) >= 11 is 0. The fraction of sp³-hybridized carbons (Fsp3) is 0.0769. The Morgan fingerprint density at radius 2 is 0.667 bits per heavy atom. The predicted octanol–water partition coefficient (Wildman–Crippen LogP) is 4.59. The minimum atomic E-state index is -0.453. The number of hydrogen-bond acceptors (Lipinski definition) is 4. The van der Waals surface area contributed by atoms with E-state index in [1.807, 2.05) is 48.5 Å². The number of nitrogen functional groups attached to an aromatic ring is 4. The average Bonchev–Trinajstić information content (AvgIpc) is 2.75. The summed E-state index contributed by atoms with van der Waals surface area (Å²) in [5, 5.41) is 0. The Hall–Kier alpha value is -3.92. The Kier molecular flexibility index (Phi) is 5.07.